The van der Waals surface area contributed by atoms with E-state index in [-0.39, 0.29) is 35.9 Å². The summed E-state index contributed by atoms with van der Waals surface area (Å²) in [5, 5.41) is 22.1. The van der Waals surface area contributed by atoms with Crippen molar-refractivity contribution in [2.24, 2.45) is 17.8 Å². The van der Waals surface area contributed by atoms with Gasteiger partial charge < -0.3 is 20.3 Å². The van der Waals surface area contributed by atoms with Gasteiger partial charge in [-0.05, 0) is 60.9 Å². The Bertz CT molecular complexity index is 1150. The molecule has 0 aliphatic carbocycles. The van der Waals surface area contributed by atoms with Gasteiger partial charge in [-0.1, -0.05) is 51.1 Å². The molecule has 0 saturated carbocycles. The number of methoxy groups -OCH3 is 1. The van der Waals surface area contributed by atoms with Crippen LogP contribution in [0.25, 0.3) is 0 Å². The van der Waals surface area contributed by atoms with Crippen molar-refractivity contribution in [3.05, 3.63) is 65.7 Å². The first-order chi connectivity index (χ1) is 18.4. The molecule has 210 valence electrons. The lowest BCUT2D eigenvalue weighted by atomic mass is 9.87. The summed E-state index contributed by atoms with van der Waals surface area (Å²) in [6.07, 6.45) is 0.154. The van der Waals surface area contributed by atoms with E-state index >= 15 is 0 Å². The molecule has 10 heteroatoms. The van der Waals surface area contributed by atoms with Crippen LogP contribution in [0.2, 0.25) is 0 Å². The number of amides is 3. The first-order valence-electron chi connectivity index (χ1n) is 12.7. The second-order valence-electron chi connectivity index (χ2n) is 10.0. The summed E-state index contributed by atoms with van der Waals surface area (Å²) in [6, 6.07) is 12.7. The molecule has 0 aliphatic rings. The van der Waals surface area contributed by atoms with Crippen LogP contribution < -0.4 is 5.32 Å². The van der Waals surface area contributed by atoms with Crippen molar-refractivity contribution < 1.29 is 38.9 Å². The van der Waals surface area contributed by atoms with Gasteiger partial charge in [0.15, 0.2) is 0 Å². The number of anilines is 1. The Labute approximate surface area is 228 Å². The van der Waals surface area contributed by atoms with Crippen LogP contribution in [0.4, 0.5) is 10.5 Å². The van der Waals surface area contributed by atoms with Gasteiger partial charge in [0.2, 0.25) is 5.91 Å². The Morgan fingerprint density at radius 3 is 2.03 bits per heavy atom. The minimum atomic E-state index is -1.51. The Hall–Kier alpha value is -4.21. The van der Waals surface area contributed by atoms with E-state index in [0.717, 1.165) is 5.56 Å². The highest BCUT2D eigenvalue weighted by Gasteiger charge is 2.39. The van der Waals surface area contributed by atoms with Gasteiger partial charge in [-0.2, -0.15) is 0 Å². The SMILES string of the molecule is COC(=O)c1ccc(NC(=O)N(C(=O)C(CC(=O)O)CC(C)Cc2ccccc2)[C@@H](CC(C)C)C(=O)O)cc1. The van der Waals surface area contributed by atoms with Gasteiger partial charge in [0.1, 0.15) is 6.04 Å². The maximum atomic E-state index is 13.8. The number of benzene rings is 2. The predicted octanol–water partition coefficient (Wildman–Crippen LogP) is 4.69. The van der Waals surface area contributed by atoms with Crippen LogP contribution in [0.1, 0.15) is 56.0 Å². The Morgan fingerprint density at radius 2 is 1.51 bits per heavy atom. The third kappa shape index (κ3) is 9.55. The summed E-state index contributed by atoms with van der Waals surface area (Å²) >= 11 is 0. The number of hydrogen-bond acceptors (Lipinski definition) is 6. The van der Waals surface area contributed by atoms with E-state index < -0.39 is 48.2 Å². The lowest BCUT2D eigenvalue weighted by Gasteiger charge is -2.32. The highest BCUT2D eigenvalue weighted by atomic mass is 16.5. The topological polar surface area (TPSA) is 150 Å². The zero-order valence-electron chi connectivity index (χ0n) is 22.6. The summed E-state index contributed by atoms with van der Waals surface area (Å²) in [5.74, 6) is -5.46. The van der Waals surface area contributed by atoms with Crippen LogP contribution >= 0.6 is 0 Å². The molecular weight excluding hydrogens is 504 g/mol. The number of aliphatic carboxylic acids is 2. The van der Waals surface area contributed by atoms with E-state index in [1.165, 1.54) is 31.4 Å². The minimum absolute atomic E-state index is 0.0187. The standard InChI is InChI=1S/C29H36N2O8/c1-18(2)14-24(27(35)36)31(29(38)30-23-12-10-21(11-13-23)28(37)39-4)26(34)22(17-25(32)33)16-19(3)15-20-8-6-5-7-9-20/h5-13,18-19,22,24H,14-17H2,1-4H3,(H,30,38)(H,32,33)(H,35,36)/t19?,22?,24-/m0/s1. The first kappa shape index (κ1) is 31.0. The van der Waals surface area contributed by atoms with Crippen molar-refractivity contribution in [2.75, 3.05) is 12.4 Å². The van der Waals surface area contributed by atoms with Crippen LogP contribution in [0.5, 0.6) is 0 Å². The Morgan fingerprint density at radius 1 is 0.897 bits per heavy atom. The average molecular weight is 541 g/mol. The molecule has 0 heterocycles. The number of rotatable bonds is 13. The summed E-state index contributed by atoms with van der Waals surface area (Å²) in [5.41, 5.74) is 1.46. The number of carbonyl (C=O) groups excluding carboxylic acids is 3. The van der Waals surface area contributed by atoms with Crippen molar-refractivity contribution in [1.29, 1.82) is 0 Å². The summed E-state index contributed by atoms with van der Waals surface area (Å²) in [4.78, 5) is 63.5. The molecule has 2 unspecified atom stereocenters. The molecule has 2 rings (SSSR count). The molecule has 39 heavy (non-hydrogen) atoms. The number of esters is 1. The summed E-state index contributed by atoms with van der Waals surface area (Å²) in [7, 11) is 1.23. The van der Waals surface area contributed by atoms with Crippen molar-refractivity contribution >= 4 is 35.5 Å². The first-order valence-corrected chi connectivity index (χ1v) is 12.7. The van der Waals surface area contributed by atoms with Crippen LogP contribution in [-0.2, 0) is 25.5 Å². The van der Waals surface area contributed by atoms with E-state index in [4.69, 9.17) is 0 Å². The number of ether oxygens (including phenoxy) is 1. The Kier molecular flexibility index (Phi) is 11.7. The van der Waals surface area contributed by atoms with Gasteiger partial charge in [0.25, 0.3) is 0 Å². The van der Waals surface area contributed by atoms with Gasteiger partial charge in [-0.15, -0.1) is 0 Å². The normalized spacial score (nSPS) is 13.2. The van der Waals surface area contributed by atoms with Crippen LogP contribution in [0, 0.1) is 17.8 Å². The lowest BCUT2D eigenvalue weighted by Crippen LogP contribution is -2.53. The van der Waals surface area contributed by atoms with Crippen molar-refractivity contribution in [2.45, 2.75) is 52.5 Å². The van der Waals surface area contributed by atoms with Gasteiger partial charge in [0.05, 0.1) is 19.1 Å². The number of carboxylic acid groups (broad SMARTS) is 2. The number of hydrogen-bond donors (Lipinski definition) is 3. The van der Waals surface area contributed by atoms with E-state index in [1.807, 2.05) is 37.3 Å². The molecule has 0 aliphatic heterocycles. The molecule has 2 aromatic carbocycles. The number of imide groups is 1. The molecule has 0 fully saturated rings. The van der Waals surface area contributed by atoms with Crippen LogP contribution in [0.15, 0.2) is 54.6 Å². The zero-order chi connectivity index (χ0) is 29.1. The molecule has 3 amide bonds. The summed E-state index contributed by atoms with van der Waals surface area (Å²) in [6.45, 7) is 5.41. The monoisotopic (exact) mass is 540 g/mol. The summed E-state index contributed by atoms with van der Waals surface area (Å²) < 4.78 is 4.66. The third-order valence-electron chi connectivity index (χ3n) is 6.19. The Balaban J connectivity index is 2.38. The van der Waals surface area contributed by atoms with Crippen LogP contribution in [0.3, 0.4) is 0 Å². The molecule has 0 spiro atoms. The molecule has 2 aromatic rings. The van der Waals surface area contributed by atoms with E-state index in [0.29, 0.717) is 11.3 Å². The maximum Gasteiger partial charge on any atom is 0.337 e. The highest BCUT2D eigenvalue weighted by Crippen LogP contribution is 2.25. The quantitative estimate of drug-likeness (QED) is 0.310. The fourth-order valence-corrected chi connectivity index (χ4v) is 4.41. The smallest absolute Gasteiger partial charge is 0.337 e. The van der Waals surface area contributed by atoms with E-state index in [1.54, 1.807) is 13.8 Å². The fourth-order valence-electron chi connectivity index (χ4n) is 4.41. The lowest BCUT2D eigenvalue weighted by molar-refractivity contribution is -0.151. The van der Waals surface area contributed by atoms with Crippen LogP contribution in [-0.4, -0.2) is 58.1 Å². The third-order valence-corrected chi connectivity index (χ3v) is 6.19. The molecular formula is C29H36N2O8. The van der Waals surface area contributed by atoms with Gasteiger partial charge in [-0.25, -0.2) is 19.3 Å². The van der Waals surface area contributed by atoms with Gasteiger partial charge in [-0.3, -0.25) is 9.59 Å². The van der Waals surface area contributed by atoms with Gasteiger partial charge in [0, 0.05) is 11.6 Å². The molecule has 0 radical (unpaired) electrons. The molecule has 3 atom stereocenters. The maximum absolute atomic E-state index is 13.8. The largest absolute Gasteiger partial charge is 0.481 e. The molecule has 3 N–H and O–H groups in total. The zero-order valence-corrected chi connectivity index (χ0v) is 22.6. The van der Waals surface area contributed by atoms with E-state index in [9.17, 15) is 34.2 Å². The highest BCUT2D eigenvalue weighted by molar-refractivity contribution is 6.05. The second kappa shape index (κ2) is 14.7. The molecule has 0 aromatic heterocycles. The van der Waals surface area contributed by atoms with Gasteiger partial charge >= 0.3 is 23.9 Å². The molecule has 0 saturated heterocycles. The molecule has 0 bridgehead atoms. The second-order valence-corrected chi connectivity index (χ2v) is 10.0. The number of carboxylic acids is 2. The number of nitrogens with one attached hydrogen (secondary N) is 1. The van der Waals surface area contributed by atoms with Crippen molar-refractivity contribution in [3.63, 3.8) is 0 Å². The number of urea groups is 1. The number of nitrogens with zero attached hydrogens (tertiary/aromatic N) is 1. The predicted molar refractivity (Wildman–Crippen MR) is 144 cm³/mol. The number of carbonyl (C=O) groups is 5. The van der Waals surface area contributed by atoms with Crippen molar-refractivity contribution in [3.8, 4) is 0 Å². The van der Waals surface area contributed by atoms with Crippen molar-refractivity contribution in [1.82, 2.24) is 4.90 Å². The fraction of sp³-hybridized carbons (Fsp3) is 0.414. The molecule has 10 nitrogen and oxygen atoms in total. The minimum Gasteiger partial charge on any atom is -0.481 e. The van der Waals surface area contributed by atoms with E-state index in [2.05, 4.69) is 10.1 Å². The average Bonchev–Trinajstić information content (AvgIpc) is 2.87.